The summed E-state index contributed by atoms with van der Waals surface area (Å²) in [5, 5.41) is 0. The summed E-state index contributed by atoms with van der Waals surface area (Å²) in [5.74, 6) is 0.195. The molecule has 0 aliphatic rings. The third-order valence-electron chi connectivity index (χ3n) is 1.26. The lowest BCUT2D eigenvalue weighted by Crippen LogP contribution is -2.05. The smallest absolute Gasteiger partial charge is 0.141 e. The van der Waals surface area contributed by atoms with E-state index in [1.54, 1.807) is 0 Å². The van der Waals surface area contributed by atoms with Crippen LogP contribution in [-0.4, -0.2) is 11.4 Å². The molecular formula is C8H6BrCl2FO. The van der Waals surface area contributed by atoms with Crippen LogP contribution in [0.4, 0.5) is 4.39 Å². The highest BCUT2D eigenvalue weighted by molar-refractivity contribution is 9.10. The van der Waals surface area contributed by atoms with E-state index in [0.29, 0.717) is 10.2 Å². The first-order valence-corrected chi connectivity index (χ1v) is 5.12. The molecule has 0 aliphatic carbocycles. The lowest BCUT2D eigenvalue weighted by atomic mass is 10.3. The molecule has 0 fully saturated rings. The summed E-state index contributed by atoms with van der Waals surface area (Å²) in [6.07, 6.45) is 0. The van der Waals surface area contributed by atoms with Gasteiger partial charge < -0.3 is 4.74 Å². The van der Waals surface area contributed by atoms with Gasteiger partial charge in [0.05, 0.1) is 4.47 Å². The number of alkyl halides is 2. The Morgan fingerprint density at radius 1 is 1.46 bits per heavy atom. The minimum atomic E-state index is -0.586. The Morgan fingerprint density at radius 3 is 2.69 bits per heavy atom. The molecule has 0 unspecified atom stereocenters. The molecule has 1 rings (SSSR count). The molecule has 0 saturated carbocycles. The average molecular weight is 288 g/mol. The molecular weight excluding hydrogens is 282 g/mol. The summed E-state index contributed by atoms with van der Waals surface area (Å²) in [5.41, 5.74) is 0. The third-order valence-corrected chi connectivity index (χ3v) is 2.13. The molecule has 1 nitrogen and oxygen atoms in total. The molecule has 5 heteroatoms. The summed E-state index contributed by atoms with van der Waals surface area (Å²) >= 11 is 14.1. The van der Waals surface area contributed by atoms with Gasteiger partial charge in [0.1, 0.15) is 23.0 Å². The van der Waals surface area contributed by atoms with Gasteiger partial charge in [0, 0.05) is 0 Å². The Kier molecular flexibility index (Phi) is 4.29. The molecule has 0 spiro atoms. The maximum Gasteiger partial charge on any atom is 0.141 e. The second kappa shape index (κ2) is 5.03. The Hall–Kier alpha value is 0.01000. The zero-order valence-electron chi connectivity index (χ0n) is 6.44. The molecule has 0 radical (unpaired) electrons. The quantitative estimate of drug-likeness (QED) is 0.769. The number of ether oxygens (including phenoxy) is 1. The first-order valence-electron chi connectivity index (χ1n) is 3.45. The van der Waals surface area contributed by atoms with Crippen molar-refractivity contribution in [3.63, 3.8) is 0 Å². The molecule has 1 aromatic carbocycles. The Bertz CT molecular complexity index is 293. The van der Waals surface area contributed by atoms with Crippen LogP contribution in [-0.2, 0) is 0 Å². The number of halogens is 4. The first kappa shape index (κ1) is 11.1. The van der Waals surface area contributed by atoms with Crippen molar-refractivity contribution in [3.05, 3.63) is 28.5 Å². The van der Waals surface area contributed by atoms with Crippen LogP contribution >= 0.6 is 39.1 Å². The van der Waals surface area contributed by atoms with Crippen molar-refractivity contribution < 1.29 is 9.13 Å². The van der Waals surface area contributed by atoms with E-state index in [4.69, 9.17) is 27.9 Å². The molecule has 0 aliphatic heterocycles. The number of rotatable bonds is 3. The lowest BCUT2D eigenvalue weighted by Gasteiger charge is -2.07. The second-order valence-corrected chi connectivity index (χ2v) is 4.41. The Labute approximate surface area is 93.9 Å². The summed E-state index contributed by atoms with van der Waals surface area (Å²) in [4.78, 5) is -0.586. The highest BCUT2D eigenvalue weighted by Crippen LogP contribution is 2.25. The van der Waals surface area contributed by atoms with Crippen LogP contribution in [0.2, 0.25) is 0 Å². The van der Waals surface area contributed by atoms with Crippen molar-refractivity contribution in [2.24, 2.45) is 0 Å². The predicted octanol–water partition coefficient (Wildman–Crippen LogP) is 3.77. The minimum Gasteiger partial charge on any atom is -0.490 e. The maximum atomic E-state index is 12.6. The molecule has 0 N–H and O–H groups in total. The van der Waals surface area contributed by atoms with Gasteiger partial charge in [-0.2, -0.15) is 0 Å². The van der Waals surface area contributed by atoms with Gasteiger partial charge in [-0.15, -0.1) is 23.2 Å². The van der Waals surface area contributed by atoms with Crippen LogP contribution in [0, 0.1) is 5.82 Å². The number of benzene rings is 1. The summed E-state index contributed by atoms with van der Waals surface area (Å²) < 4.78 is 18.3. The maximum absolute atomic E-state index is 12.6. The van der Waals surface area contributed by atoms with Gasteiger partial charge in [-0.1, -0.05) is 0 Å². The Morgan fingerprint density at radius 2 is 2.15 bits per heavy atom. The highest BCUT2D eigenvalue weighted by atomic mass is 79.9. The van der Waals surface area contributed by atoms with Crippen molar-refractivity contribution in [2.45, 2.75) is 4.84 Å². The fourth-order valence-electron chi connectivity index (χ4n) is 0.745. The van der Waals surface area contributed by atoms with Crippen molar-refractivity contribution >= 4 is 39.1 Å². The van der Waals surface area contributed by atoms with Crippen LogP contribution in [0.1, 0.15) is 0 Å². The molecule has 0 atom stereocenters. The molecule has 0 heterocycles. The molecule has 0 amide bonds. The van der Waals surface area contributed by atoms with Crippen molar-refractivity contribution in [3.8, 4) is 5.75 Å². The molecule has 13 heavy (non-hydrogen) atoms. The highest BCUT2D eigenvalue weighted by Gasteiger charge is 2.04. The van der Waals surface area contributed by atoms with E-state index in [9.17, 15) is 4.39 Å². The molecule has 0 saturated heterocycles. The van der Waals surface area contributed by atoms with Crippen molar-refractivity contribution in [1.29, 1.82) is 0 Å². The zero-order chi connectivity index (χ0) is 9.84. The fraction of sp³-hybridized carbons (Fsp3) is 0.250. The third kappa shape index (κ3) is 3.71. The van der Waals surface area contributed by atoms with E-state index in [1.807, 2.05) is 0 Å². The molecule has 1 aromatic rings. The van der Waals surface area contributed by atoms with Gasteiger partial charge in [-0.3, -0.25) is 0 Å². The topological polar surface area (TPSA) is 9.23 Å². The monoisotopic (exact) mass is 286 g/mol. The van der Waals surface area contributed by atoms with Crippen LogP contribution in [0.25, 0.3) is 0 Å². The van der Waals surface area contributed by atoms with Gasteiger partial charge in [-0.25, -0.2) is 4.39 Å². The van der Waals surface area contributed by atoms with E-state index < -0.39 is 4.84 Å². The van der Waals surface area contributed by atoms with E-state index in [1.165, 1.54) is 18.2 Å². The van der Waals surface area contributed by atoms with Gasteiger partial charge in [0.2, 0.25) is 0 Å². The summed E-state index contributed by atoms with van der Waals surface area (Å²) in [6.45, 7) is 0.174. The second-order valence-electron chi connectivity index (χ2n) is 2.28. The Balaban J connectivity index is 2.67. The first-order chi connectivity index (χ1) is 6.09. The van der Waals surface area contributed by atoms with E-state index in [2.05, 4.69) is 15.9 Å². The van der Waals surface area contributed by atoms with E-state index in [-0.39, 0.29) is 12.4 Å². The largest absolute Gasteiger partial charge is 0.490 e. The fourth-order valence-corrected chi connectivity index (χ4v) is 1.34. The van der Waals surface area contributed by atoms with Crippen LogP contribution in [0.15, 0.2) is 22.7 Å². The van der Waals surface area contributed by atoms with E-state index >= 15 is 0 Å². The lowest BCUT2D eigenvalue weighted by molar-refractivity contribution is 0.332. The minimum absolute atomic E-state index is 0.174. The summed E-state index contributed by atoms with van der Waals surface area (Å²) in [7, 11) is 0. The van der Waals surface area contributed by atoms with Crippen LogP contribution < -0.4 is 4.74 Å². The zero-order valence-corrected chi connectivity index (χ0v) is 9.53. The van der Waals surface area contributed by atoms with Crippen molar-refractivity contribution in [1.82, 2.24) is 0 Å². The number of hydrogen-bond donors (Lipinski definition) is 0. The normalized spacial score (nSPS) is 10.5. The van der Waals surface area contributed by atoms with Gasteiger partial charge in [0.25, 0.3) is 0 Å². The molecule has 72 valence electrons. The standard InChI is InChI=1S/C8H6BrCl2FO/c9-6-3-5(12)1-2-7(6)13-4-8(10)11/h1-3,8H,4H2. The SMILES string of the molecule is Fc1ccc(OCC(Cl)Cl)c(Br)c1. The van der Waals surface area contributed by atoms with Crippen LogP contribution in [0.5, 0.6) is 5.75 Å². The predicted molar refractivity (Wildman–Crippen MR) is 55.1 cm³/mol. The van der Waals surface area contributed by atoms with Gasteiger partial charge in [-0.05, 0) is 34.1 Å². The summed E-state index contributed by atoms with van der Waals surface area (Å²) in [6, 6.07) is 4.12. The molecule has 0 aromatic heterocycles. The number of hydrogen-bond acceptors (Lipinski definition) is 1. The van der Waals surface area contributed by atoms with Gasteiger partial charge >= 0.3 is 0 Å². The average Bonchev–Trinajstić information content (AvgIpc) is 2.02. The van der Waals surface area contributed by atoms with E-state index in [0.717, 1.165) is 0 Å². The molecule has 0 bridgehead atoms. The van der Waals surface area contributed by atoms with Crippen LogP contribution in [0.3, 0.4) is 0 Å². The van der Waals surface area contributed by atoms with Gasteiger partial charge in [0.15, 0.2) is 0 Å². The van der Waals surface area contributed by atoms with Crippen molar-refractivity contribution in [2.75, 3.05) is 6.61 Å².